The monoisotopic (exact) mass is 295 g/mol. The Balaban J connectivity index is 1.40. The number of morpholine rings is 1. The highest BCUT2D eigenvalue weighted by Crippen LogP contribution is 2.23. The minimum absolute atomic E-state index is 0.396. The summed E-state index contributed by atoms with van der Waals surface area (Å²) in [4.78, 5) is 5.23. The Morgan fingerprint density at radius 2 is 2.05 bits per heavy atom. The van der Waals surface area contributed by atoms with Gasteiger partial charge in [-0.2, -0.15) is 0 Å². The van der Waals surface area contributed by atoms with Crippen molar-refractivity contribution in [2.45, 2.75) is 57.7 Å². The van der Waals surface area contributed by atoms with Crippen molar-refractivity contribution in [3.63, 3.8) is 0 Å². The Labute approximate surface area is 130 Å². The summed E-state index contributed by atoms with van der Waals surface area (Å²) in [6, 6.07) is 1.33. The first-order chi connectivity index (χ1) is 10.3. The summed E-state index contributed by atoms with van der Waals surface area (Å²) in [6.45, 7) is 12.8. The molecule has 3 aliphatic heterocycles. The van der Waals surface area contributed by atoms with Crippen LogP contribution in [0.4, 0.5) is 0 Å². The summed E-state index contributed by atoms with van der Waals surface area (Å²) in [5.74, 6) is 0.807. The van der Waals surface area contributed by atoms with Crippen LogP contribution >= 0.6 is 0 Å². The minimum atomic E-state index is 0.396. The van der Waals surface area contributed by atoms with Crippen molar-refractivity contribution < 1.29 is 4.74 Å². The topological polar surface area (TPSA) is 27.7 Å². The molecule has 3 saturated heterocycles. The molecule has 0 saturated carbocycles. The van der Waals surface area contributed by atoms with Crippen LogP contribution in [0.25, 0.3) is 0 Å². The standard InChI is InChI=1S/C17H33N3O/c1-3-19-8-4-6-15(11-19)14(2)18-10-17-12-20-9-5-7-16(20)13-21-17/h14-18H,3-13H2,1-2H3. The average Bonchev–Trinajstić information content (AvgIpc) is 3.00. The molecule has 4 atom stereocenters. The molecular weight excluding hydrogens is 262 g/mol. The smallest absolute Gasteiger partial charge is 0.0827 e. The lowest BCUT2D eigenvalue weighted by molar-refractivity contribution is -0.0486. The quantitative estimate of drug-likeness (QED) is 0.833. The lowest BCUT2D eigenvalue weighted by Gasteiger charge is -2.38. The van der Waals surface area contributed by atoms with E-state index in [1.165, 1.54) is 51.9 Å². The number of piperidine rings is 1. The molecule has 4 heteroatoms. The third-order valence-corrected chi connectivity index (χ3v) is 5.83. The van der Waals surface area contributed by atoms with Gasteiger partial charge in [-0.25, -0.2) is 0 Å². The van der Waals surface area contributed by atoms with E-state index < -0.39 is 0 Å². The molecule has 4 nitrogen and oxygen atoms in total. The third-order valence-electron chi connectivity index (χ3n) is 5.83. The van der Waals surface area contributed by atoms with Crippen LogP contribution < -0.4 is 5.32 Å². The first-order valence-corrected chi connectivity index (χ1v) is 9.07. The van der Waals surface area contributed by atoms with Gasteiger partial charge in [0.15, 0.2) is 0 Å². The lowest BCUT2D eigenvalue weighted by Crippen LogP contribution is -2.52. The molecule has 1 N–H and O–H groups in total. The minimum Gasteiger partial charge on any atom is -0.374 e. The molecule has 0 radical (unpaired) electrons. The Kier molecular flexibility index (Phi) is 5.54. The van der Waals surface area contributed by atoms with E-state index in [2.05, 4.69) is 29.0 Å². The molecule has 0 aromatic rings. The summed E-state index contributed by atoms with van der Waals surface area (Å²) < 4.78 is 6.06. The number of rotatable bonds is 5. The number of ether oxygens (including phenoxy) is 1. The molecule has 3 fully saturated rings. The molecule has 0 aliphatic carbocycles. The fraction of sp³-hybridized carbons (Fsp3) is 1.00. The zero-order valence-corrected chi connectivity index (χ0v) is 13.9. The van der Waals surface area contributed by atoms with Gasteiger partial charge in [0, 0.05) is 31.7 Å². The normalized spacial score (nSPS) is 36.6. The van der Waals surface area contributed by atoms with Crippen LogP contribution in [-0.4, -0.2) is 73.9 Å². The Bertz CT molecular complexity index is 325. The van der Waals surface area contributed by atoms with Crippen LogP contribution in [-0.2, 0) is 4.74 Å². The first kappa shape index (κ1) is 15.7. The third kappa shape index (κ3) is 3.98. The second-order valence-electron chi connectivity index (χ2n) is 7.24. The predicted molar refractivity (Wildman–Crippen MR) is 86.6 cm³/mol. The van der Waals surface area contributed by atoms with Gasteiger partial charge in [-0.05, 0) is 58.2 Å². The second-order valence-corrected chi connectivity index (χ2v) is 7.24. The molecule has 21 heavy (non-hydrogen) atoms. The molecule has 0 aromatic heterocycles. The number of hydrogen-bond acceptors (Lipinski definition) is 4. The molecule has 0 bridgehead atoms. The molecule has 3 aliphatic rings. The first-order valence-electron chi connectivity index (χ1n) is 9.07. The van der Waals surface area contributed by atoms with E-state index in [-0.39, 0.29) is 0 Å². The number of fused-ring (bicyclic) bond motifs is 1. The fourth-order valence-electron chi connectivity index (χ4n) is 4.28. The van der Waals surface area contributed by atoms with Crippen LogP contribution in [0.5, 0.6) is 0 Å². The summed E-state index contributed by atoms with van der Waals surface area (Å²) in [5.41, 5.74) is 0. The van der Waals surface area contributed by atoms with Gasteiger partial charge in [0.25, 0.3) is 0 Å². The van der Waals surface area contributed by atoms with Crippen molar-refractivity contribution in [2.24, 2.45) is 5.92 Å². The summed E-state index contributed by atoms with van der Waals surface area (Å²) in [6.07, 6.45) is 5.84. The van der Waals surface area contributed by atoms with Gasteiger partial charge in [0.05, 0.1) is 12.7 Å². The maximum absolute atomic E-state index is 6.06. The van der Waals surface area contributed by atoms with Crippen molar-refractivity contribution in [2.75, 3.05) is 45.9 Å². The summed E-state index contributed by atoms with van der Waals surface area (Å²) in [7, 11) is 0. The van der Waals surface area contributed by atoms with Gasteiger partial charge in [-0.3, -0.25) is 4.90 Å². The predicted octanol–water partition coefficient (Wildman–Crippen LogP) is 1.56. The molecule has 3 rings (SSSR count). The van der Waals surface area contributed by atoms with Gasteiger partial charge in [-0.1, -0.05) is 6.92 Å². The fourth-order valence-corrected chi connectivity index (χ4v) is 4.28. The van der Waals surface area contributed by atoms with Crippen LogP contribution in [0.3, 0.4) is 0 Å². The van der Waals surface area contributed by atoms with E-state index in [1.807, 2.05) is 0 Å². The second kappa shape index (κ2) is 7.40. The Hall–Kier alpha value is -0.160. The molecular formula is C17H33N3O. The maximum Gasteiger partial charge on any atom is 0.0827 e. The van der Waals surface area contributed by atoms with Gasteiger partial charge in [-0.15, -0.1) is 0 Å². The number of nitrogens with zero attached hydrogens (tertiary/aromatic N) is 2. The van der Waals surface area contributed by atoms with Crippen molar-refractivity contribution >= 4 is 0 Å². The Morgan fingerprint density at radius 1 is 1.19 bits per heavy atom. The summed E-state index contributed by atoms with van der Waals surface area (Å²) >= 11 is 0. The zero-order chi connectivity index (χ0) is 14.7. The van der Waals surface area contributed by atoms with Crippen LogP contribution in [0.2, 0.25) is 0 Å². The molecule has 4 unspecified atom stereocenters. The van der Waals surface area contributed by atoms with Gasteiger partial charge < -0.3 is 15.0 Å². The van der Waals surface area contributed by atoms with E-state index in [4.69, 9.17) is 4.74 Å². The summed E-state index contributed by atoms with van der Waals surface area (Å²) in [5, 5.41) is 3.77. The molecule has 122 valence electrons. The largest absolute Gasteiger partial charge is 0.374 e. The number of likely N-dealkylation sites (tertiary alicyclic amines) is 1. The Morgan fingerprint density at radius 3 is 2.90 bits per heavy atom. The van der Waals surface area contributed by atoms with Crippen LogP contribution in [0.15, 0.2) is 0 Å². The lowest BCUT2D eigenvalue weighted by atomic mass is 9.91. The van der Waals surface area contributed by atoms with Crippen molar-refractivity contribution in [1.29, 1.82) is 0 Å². The molecule has 0 aromatic carbocycles. The van der Waals surface area contributed by atoms with E-state index in [0.717, 1.165) is 31.7 Å². The van der Waals surface area contributed by atoms with Gasteiger partial charge >= 0.3 is 0 Å². The van der Waals surface area contributed by atoms with E-state index in [9.17, 15) is 0 Å². The highest BCUT2D eigenvalue weighted by molar-refractivity contribution is 4.87. The molecule has 0 amide bonds. The van der Waals surface area contributed by atoms with Gasteiger partial charge in [0.1, 0.15) is 0 Å². The van der Waals surface area contributed by atoms with Crippen molar-refractivity contribution in [3.05, 3.63) is 0 Å². The highest BCUT2D eigenvalue weighted by atomic mass is 16.5. The maximum atomic E-state index is 6.06. The molecule has 0 spiro atoms. The van der Waals surface area contributed by atoms with Crippen molar-refractivity contribution in [3.8, 4) is 0 Å². The molecule has 3 heterocycles. The number of nitrogens with one attached hydrogen (secondary N) is 1. The highest BCUT2D eigenvalue weighted by Gasteiger charge is 2.32. The zero-order valence-electron chi connectivity index (χ0n) is 13.9. The van der Waals surface area contributed by atoms with E-state index in [1.54, 1.807) is 0 Å². The van der Waals surface area contributed by atoms with Gasteiger partial charge in [0.2, 0.25) is 0 Å². The van der Waals surface area contributed by atoms with Crippen LogP contribution in [0, 0.1) is 5.92 Å². The SMILES string of the molecule is CCN1CCCC(C(C)NCC2CN3CCCC3CO2)C1. The average molecular weight is 295 g/mol. The number of hydrogen-bond donors (Lipinski definition) is 1. The van der Waals surface area contributed by atoms with Crippen molar-refractivity contribution in [1.82, 2.24) is 15.1 Å². The van der Waals surface area contributed by atoms with E-state index >= 15 is 0 Å². The van der Waals surface area contributed by atoms with Crippen LogP contribution in [0.1, 0.15) is 39.5 Å². The van der Waals surface area contributed by atoms with E-state index in [0.29, 0.717) is 12.1 Å².